The van der Waals surface area contributed by atoms with Gasteiger partial charge in [-0.05, 0) is 13.0 Å². The molecule has 21 heavy (non-hydrogen) atoms. The number of carbonyl (C=O) groups excluding carboxylic acids is 1. The van der Waals surface area contributed by atoms with E-state index in [0.717, 1.165) is 12.3 Å². The number of rotatable bonds is 4. The van der Waals surface area contributed by atoms with Crippen LogP contribution in [0.2, 0.25) is 0 Å². The summed E-state index contributed by atoms with van der Waals surface area (Å²) in [6.07, 6.45) is 0. The van der Waals surface area contributed by atoms with Crippen LogP contribution in [0.5, 0.6) is 5.75 Å². The van der Waals surface area contributed by atoms with Crippen LogP contribution in [-0.4, -0.2) is 56.3 Å². The molecule has 2 unspecified atom stereocenters. The summed E-state index contributed by atoms with van der Waals surface area (Å²) in [5.74, 6) is 1.45. The van der Waals surface area contributed by atoms with Crippen LogP contribution in [0.1, 0.15) is 18.4 Å². The van der Waals surface area contributed by atoms with Gasteiger partial charge in [-0.2, -0.15) is 0 Å². The molecule has 1 saturated heterocycles. The molecular formula is C16H22N2O3. The molecule has 1 fully saturated rings. The summed E-state index contributed by atoms with van der Waals surface area (Å²) in [4.78, 5) is 14.2. The summed E-state index contributed by atoms with van der Waals surface area (Å²) < 4.78 is 10.9. The molecule has 0 aliphatic carbocycles. The monoisotopic (exact) mass is 290 g/mol. The Morgan fingerprint density at radius 1 is 1.38 bits per heavy atom. The van der Waals surface area contributed by atoms with Crippen molar-refractivity contribution < 1.29 is 14.3 Å². The van der Waals surface area contributed by atoms with E-state index in [-0.39, 0.29) is 11.9 Å². The zero-order valence-corrected chi connectivity index (χ0v) is 12.4. The molecule has 114 valence electrons. The van der Waals surface area contributed by atoms with E-state index in [1.807, 2.05) is 30.0 Å². The molecule has 5 heteroatoms. The van der Waals surface area contributed by atoms with Gasteiger partial charge in [0.1, 0.15) is 5.75 Å². The summed E-state index contributed by atoms with van der Waals surface area (Å²) in [6.45, 7) is 6.05. The highest BCUT2D eigenvalue weighted by atomic mass is 16.5. The van der Waals surface area contributed by atoms with Crippen molar-refractivity contribution in [1.82, 2.24) is 10.2 Å². The van der Waals surface area contributed by atoms with Gasteiger partial charge in [0, 0.05) is 31.1 Å². The van der Waals surface area contributed by atoms with Crippen molar-refractivity contribution in [1.29, 1.82) is 0 Å². The van der Waals surface area contributed by atoms with E-state index in [0.29, 0.717) is 38.8 Å². The number of fused-ring (bicyclic) bond motifs is 1. The average molecular weight is 290 g/mol. The van der Waals surface area contributed by atoms with Crippen LogP contribution >= 0.6 is 0 Å². The van der Waals surface area contributed by atoms with Crippen molar-refractivity contribution in [3.63, 3.8) is 0 Å². The highest BCUT2D eigenvalue weighted by molar-refractivity contribution is 5.81. The van der Waals surface area contributed by atoms with Gasteiger partial charge in [-0.1, -0.05) is 18.2 Å². The second-order valence-electron chi connectivity index (χ2n) is 5.61. The first-order valence-electron chi connectivity index (χ1n) is 7.57. The maximum Gasteiger partial charge on any atom is 0.239 e. The second kappa shape index (κ2) is 6.45. The van der Waals surface area contributed by atoms with Crippen LogP contribution in [-0.2, 0) is 9.53 Å². The van der Waals surface area contributed by atoms with E-state index in [1.165, 1.54) is 5.56 Å². The van der Waals surface area contributed by atoms with E-state index in [1.54, 1.807) is 0 Å². The SMILES string of the molecule is CC(NCC1COc2ccccc21)C(=O)N1CCOCC1. The Morgan fingerprint density at radius 3 is 2.95 bits per heavy atom. The topological polar surface area (TPSA) is 50.8 Å². The largest absolute Gasteiger partial charge is 0.493 e. The van der Waals surface area contributed by atoms with Crippen molar-refractivity contribution in [2.45, 2.75) is 18.9 Å². The predicted octanol–water partition coefficient (Wildman–Crippen LogP) is 0.999. The van der Waals surface area contributed by atoms with Gasteiger partial charge in [0.05, 0.1) is 25.9 Å². The maximum atomic E-state index is 12.3. The van der Waals surface area contributed by atoms with Gasteiger partial charge in [-0.25, -0.2) is 0 Å². The molecule has 2 aliphatic rings. The molecule has 0 spiro atoms. The molecule has 2 aliphatic heterocycles. The first kappa shape index (κ1) is 14.4. The summed E-state index contributed by atoms with van der Waals surface area (Å²) in [6, 6.07) is 7.94. The van der Waals surface area contributed by atoms with Gasteiger partial charge in [0.15, 0.2) is 0 Å². The van der Waals surface area contributed by atoms with Gasteiger partial charge >= 0.3 is 0 Å². The lowest BCUT2D eigenvalue weighted by Gasteiger charge is -2.29. The summed E-state index contributed by atoms with van der Waals surface area (Å²) in [7, 11) is 0. The molecule has 1 amide bonds. The number of amides is 1. The number of hydrogen-bond acceptors (Lipinski definition) is 4. The fourth-order valence-corrected chi connectivity index (χ4v) is 2.86. The number of nitrogens with one attached hydrogen (secondary N) is 1. The summed E-state index contributed by atoms with van der Waals surface area (Å²) in [5.41, 5.74) is 1.23. The number of para-hydroxylation sites is 1. The molecule has 2 heterocycles. The van der Waals surface area contributed by atoms with Gasteiger partial charge < -0.3 is 19.7 Å². The van der Waals surface area contributed by atoms with Crippen LogP contribution in [0.3, 0.4) is 0 Å². The molecule has 3 rings (SSSR count). The number of carbonyl (C=O) groups is 1. The van der Waals surface area contributed by atoms with Crippen molar-refractivity contribution in [2.24, 2.45) is 0 Å². The van der Waals surface area contributed by atoms with E-state index in [9.17, 15) is 4.79 Å². The van der Waals surface area contributed by atoms with Crippen molar-refractivity contribution in [3.8, 4) is 5.75 Å². The molecule has 1 aromatic rings. The number of benzene rings is 1. The second-order valence-corrected chi connectivity index (χ2v) is 5.61. The first-order chi connectivity index (χ1) is 10.3. The first-order valence-corrected chi connectivity index (χ1v) is 7.57. The van der Waals surface area contributed by atoms with Gasteiger partial charge in [0.25, 0.3) is 0 Å². The smallest absolute Gasteiger partial charge is 0.239 e. The van der Waals surface area contributed by atoms with Crippen LogP contribution in [0.15, 0.2) is 24.3 Å². The number of morpholine rings is 1. The molecule has 0 bridgehead atoms. The Kier molecular flexibility index (Phi) is 4.41. The van der Waals surface area contributed by atoms with Crippen LogP contribution in [0.4, 0.5) is 0 Å². The molecule has 1 aromatic carbocycles. The fraction of sp³-hybridized carbons (Fsp3) is 0.562. The van der Waals surface area contributed by atoms with Crippen LogP contribution in [0, 0.1) is 0 Å². The summed E-state index contributed by atoms with van der Waals surface area (Å²) >= 11 is 0. The molecular weight excluding hydrogens is 268 g/mol. The normalized spacial score (nSPS) is 22.5. The Balaban J connectivity index is 1.52. The Labute approximate surface area is 125 Å². The fourth-order valence-electron chi connectivity index (χ4n) is 2.86. The number of ether oxygens (including phenoxy) is 2. The third-order valence-corrected chi connectivity index (χ3v) is 4.16. The zero-order chi connectivity index (χ0) is 14.7. The van der Waals surface area contributed by atoms with Gasteiger partial charge in [0.2, 0.25) is 5.91 Å². The average Bonchev–Trinajstić information content (AvgIpc) is 2.96. The zero-order valence-electron chi connectivity index (χ0n) is 12.4. The molecule has 0 radical (unpaired) electrons. The molecule has 0 aromatic heterocycles. The van der Waals surface area contributed by atoms with E-state index >= 15 is 0 Å². The Bertz CT molecular complexity index is 500. The predicted molar refractivity (Wildman–Crippen MR) is 79.5 cm³/mol. The third kappa shape index (κ3) is 3.19. The molecule has 5 nitrogen and oxygen atoms in total. The standard InChI is InChI=1S/C16H22N2O3/c1-12(16(19)18-6-8-20-9-7-18)17-10-13-11-21-15-5-3-2-4-14(13)15/h2-5,12-13,17H,6-11H2,1H3. The van der Waals surface area contributed by atoms with E-state index in [2.05, 4.69) is 11.4 Å². The van der Waals surface area contributed by atoms with Crippen LogP contribution in [0.25, 0.3) is 0 Å². The van der Waals surface area contributed by atoms with E-state index in [4.69, 9.17) is 9.47 Å². The molecule has 1 N–H and O–H groups in total. The lowest BCUT2D eigenvalue weighted by atomic mass is 10.0. The van der Waals surface area contributed by atoms with Gasteiger partial charge in [-0.15, -0.1) is 0 Å². The molecule has 0 saturated carbocycles. The van der Waals surface area contributed by atoms with Crippen molar-refractivity contribution in [3.05, 3.63) is 29.8 Å². The maximum absolute atomic E-state index is 12.3. The minimum atomic E-state index is -0.170. The lowest BCUT2D eigenvalue weighted by molar-refractivity contribution is -0.137. The van der Waals surface area contributed by atoms with Crippen molar-refractivity contribution in [2.75, 3.05) is 39.5 Å². The summed E-state index contributed by atoms with van der Waals surface area (Å²) in [5, 5.41) is 3.35. The Morgan fingerprint density at radius 2 is 2.14 bits per heavy atom. The van der Waals surface area contributed by atoms with Crippen molar-refractivity contribution >= 4 is 5.91 Å². The van der Waals surface area contributed by atoms with E-state index < -0.39 is 0 Å². The highest BCUT2D eigenvalue weighted by Crippen LogP contribution is 2.32. The van der Waals surface area contributed by atoms with Gasteiger partial charge in [-0.3, -0.25) is 4.79 Å². The minimum Gasteiger partial charge on any atom is -0.493 e. The number of nitrogens with zero attached hydrogens (tertiary/aromatic N) is 1. The Hall–Kier alpha value is -1.59. The quantitative estimate of drug-likeness (QED) is 0.899. The lowest BCUT2D eigenvalue weighted by Crippen LogP contribution is -2.49. The number of hydrogen-bond donors (Lipinski definition) is 1. The minimum absolute atomic E-state index is 0.158. The highest BCUT2D eigenvalue weighted by Gasteiger charge is 2.26. The van der Waals surface area contributed by atoms with Crippen LogP contribution < -0.4 is 10.1 Å². The third-order valence-electron chi connectivity index (χ3n) is 4.16. The molecule has 2 atom stereocenters.